The van der Waals surface area contributed by atoms with Crippen molar-refractivity contribution in [2.75, 3.05) is 0 Å². The molecule has 0 radical (unpaired) electrons. The SMILES string of the molecule is C=C/C=C(\C=C)SC(N)=O. The van der Waals surface area contributed by atoms with Crippen molar-refractivity contribution in [2.24, 2.45) is 5.73 Å². The first kappa shape index (κ1) is 9.04. The lowest BCUT2D eigenvalue weighted by Gasteiger charge is -1.92. The fourth-order valence-corrected chi connectivity index (χ4v) is 0.856. The molecule has 1 amide bonds. The second-order valence-electron chi connectivity index (χ2n) is 1.43. The van der Waals surface area contributed by atoms with E-state index in [4.69, 9.17) is 5.73 Å². The van der Waals surface area contributed by atoms with Gasteiger partial charge in [-0.1, -0.05) is 25.3 Å². The maximum absolute atomic E-state index is 10.3. The molecule has 0 aliphatic carbocycles. The Morgan fingerprint density at radius 2 is 2.10 bits per heavy atom. The third-order valence-corrected chi connectivity index (χ3v) is 1.44. The molecule has 0 spiro atoms. The van der Waals surface area contributed by atoms with Crippen LogP contribution < -0.4 is 5.73 Å². The number of primary amides is 1. The first-order valence-electron chi connectivity index (χ1n) is 2.63. The molecule has 3 heteroatoms. The zero-order valence-electron chi connectivity index (χ0n) is 5.54. The van der Waals surface area contributed by atoms with Gasteiger partial charge < -0.3 is 5.73 Å². The van der Waals surface area contributed by atoms with E-state index in [0.29, 0.717) is 4.91 Å². The normalized spacial score (nSPS) is 10.6. The van der Waals surface area contributed by atoms with Crippen molar-refractivity contribution in [3.8, 4) is 0 Å². The molecule has 0 unspecified atom stereocenters. The maximum Gasteiger partial charge on any atom is 0.281 e. The van der Waals surface area contributed by atoms with Gasteiger partial charge in [0.15, 0.2) is 0 Å². The van der Waals surface area contributed by atoms with Gasteiger partial charge in [0.2, 0.25) is 0 Å². The molecule has 0 bridgehead atoms. The fraction of sp³-hybridized carbons (Fsp3) is 0. The predicted molar refractivity (Wildman–Crippen MR) is 45.7 cm³/mol. The maximum atomic E-state index is 10.3. The molecule has 0 rings (SSSR count). The molecule has 10 heavy (non-hydrogen) atoms. The van der Waals surface area contributed by atoms with Crippen molar-refractivity contribution in [3.63, 3.8) is 0 Å². The van der Waals surface area contributed by atoms with Crippen molar-refractivity contribution in [1.29, 1.82) is 0 Å². The highest BCUT2D eigenvalue weighted by atomic mass is 32.2. The molecular formula is C7H9NOS. The van der Waals surface area contributed by atoms with Crippen molar-refractivity contribution in [2.45, 2.75) is 0 Å². The van der Waals surface area contributed by atoms with Crippen molar-refractivity contribution in [3.05, 3.63) is 36.3 Å². The van der Waals surface area contributed by atoms with Gasteiger partial charge in [-0.15, -0.1) is 0 Å². The lowest BCUT2D eigenvalue weighted by atomic mass is 10.5. The minimum absolute atomic E-state index is 0.437. The van der Waals surface area contributed by atoms with E-state index in [1.807, 2.05) is 0 Å². The van der Waals surface area contributed by atoms with E-state index in [1.54, 1.807) is 18.2 Å². The third kappa shape index (κ3) is 3.97. The summed E-state index contributed by atoms with van der Waals surface area (Å²) in [6.07, 6.45) is 4.80. The number of amides is 1. The van der Waals surface area contributed by atoms with E-state index < -0.39 is 5.24 Å². The summed E-state index contributed by atoms with van der Waals surface area (Å²) in [6.45, 7) is 6.95. The monoisotopic (exact) mass is 155 g/mol. The lowest BCUT2D eigenvalue weighted by molar-refractivity contribution is 0.267. The van der Waals surface area contributed by atoms with E-state index in [9.17, 15) is 4.79 Å². The Morgan fingerprint density at radius 1 is 1.50 bits per heavy atom. The van der Waals surface area contributed by atoms with Gasteiger partial charge in [-0.3, -0.25) is 4.79 Å². The highest BCUT2D eigenvalue weighted by molar-refractivity contribution is 8.17. The molecule has 2 N–H and O–H groups in total. The van der Waals surface area contributed by atoms with Crippen LogP contribution in [0.3, 0.4) is 0 Å². The van der Waals surface area contributed by atoms with Crippen molar-refractivity contribution >= 4 is 17.0 Å². The summed E-state index contributed by atoms with van der Waals surface area (Å²) in [5.41, 5.74) is 4.90. The van der Waals surface area contributed by atoms with Crippen LogP contribution in [0.4, 0.5) is 4.79 Å². The fourth-order valence-electron chi connectivity index (χ4n) is 0.376. The molecule has 0 saturated carbocycles. The van der Waals surface area contributed by atoms with Gasteiger partial charge in [0.1, 0.15) is 0 Å². The van der Waals surface area contributed by atoms with Gasteiger partial charge in [-0.25, -0.2) is 0 Å². The minimum Gasteiger partial charge on any atom is -0.360 e. The Kier molecular flexibility index (Phi) is 4.41. The van der Waals surface area contributed by atoms with Gasteiger partial charge >= 0.3 is 0 Å². The molecule has 0 aromatic rings. The van der Waals surface area contributed by atoms with Crippen LogP contribution >= 0.6 is 11.8 Å². The summed E-state index contributed by atoms with van der Waals surface area (Å²) in [7, 11) is 0. The van der Waals surface area contributed by atoms with Gasteiger partial charge in [0.05, 0.1) is 0 Å². The molecule has 0 saturated heterocycles. The number of hydrogen-bond donors (Lipinski definition) is 1. The van der Waals surface area contributed by atoms with Gasteiger partial charge in [-0.05, 0) is 17.8 Å². The Balaban J connectivity index is 4.08. The first-order valence-corrected chi connectivity index (χ1v) is 3.44. The zero-order chi connectivity index (χ0) is 7.98. The number of carbonyl (C=O) groups is 1. The molecule has 0 atom stereocenters. The van der Waals surface area contributed by atoms with E-state index >= 15 is 0 Å². The van der Waals surface area contributed by atoms with Crippen LogP contribution in [0.5, 0.6) is 0 Å². The van der Waals surface area contributed by atoms with E-state index in [-0.39, 0.29) is 0 Å². The number of nitrogens with two attached hydrogens (primary N) is 1. The Bertz CT molecular complexity index is 184. The summed E-state index contributed by atoms with van der Waals surface area (Å²) in [5, 5.41) is -0.437. The average Bonchev–Trinajstić information content (AvgIpc) is 1.86. The number of carbonyl (C=O) groups excluding carboxylic acids is 1. The molecule has 0 heterocycles. The molecule has 0 aliphatic rings. The minimum atomic E-state index is -0.437. The molecule has 0 aromatic heterocycles. The van der Waals surface area contributed by atoms with Crippen LogP contribution in [0.1, 0.15) is 0 Å². The van der Waals surface area contributed by atoms with Crippen LogP contribution in [0.15, 0.2) is 36.3 Å². The van der Waals surface area contributed by atoms with Crippen LogP contribution in [0.2, 0.25) is 0 Å². The Morgan fingerprint density at radius 3 is 2.40 bits per heavy atom. The van der Waals surface area contributed by atoms with Gasteiger partial charge in [0.25, 0.3) is 5.24 Å². The highest BCUT2D eigenvalue weighted by Crippen LogP contribution is 2.15. The molecule has 54 valence electrons. The molecule has 0 aliphatic heterocycles. The smallest absolute Gasteiger partial charge is 0.281 e. The van der Waals surface area contributed by atoms with E-state index in [2.05, 4.69) is 13.2 Å². The molecular weight excluding hydrogens is 146 g/mol. The quantitative estimate of drug-likeness (QED) is 0.634. The van der Waals surface area contributed by atoms with Crippen LogP contribution in [0, 0.1) is 0 Å². The van der Waals surface area contributed by atoms with Crippen molar-refractivity contribution < 1.29 is 4.79 Å². The molecule has 0 fully saturated rings. The standard InChI is InChI=1S/C7H9NOS/c1-3-5-6(4-2)10-7(8)9/h3-5H,1-2H2,(H2,8,9)/b6-5+. The zero-order valence-corrected chi connectivity index (χ0v) is 6.36. The molecule has 2 nitrogen and oxygen atoms in total. The average molecular weight is 155 g/mol. The van der Waals surface area contributed by atoms with Gasteiger partial charge in [0, 0.05) is 4.91 Å². The first-order chi connectivity index (χ1) is 4.70. The largest absolute Gasteiger partial charge is 0.360 e. The number of hydrogen-bond acceptors (Lipinski definition) is 2. The summed E-state index contributed by atoms with van der Waals surface area (Å²) in [6, 6.07) is 0. The van der Waals surface area contributed by atoms with Crippen molar-refractivity contribution in [1.82, 2.24) is 0 Å². The number of rotatable bonds is 3. The number of allylic oxidation sites excluding steroid dienone is 3. The van der Waals surface area contributed by atoms with E-state index in [1.165, 1.54) is 0 Å². The molecule has 0 aromatic carbocycles. The second-order valence-corrected chi connectivity index (χ2v) is 2.51. The van der Waals surface area contributed by atoms with Crippen LogP contribution in [0.25, 0.3) is 0 Å². The lowest BCUT2D eigenvalue weighted by Crippen LogP contribution is -2.01. The Labute approximate surface area is 64.5 Å². The predicted octanol–water partition coefficient (Wildman–Crippen LogP) is 2.05. The number of thioether (sulfide) groups is 1. The third-order valence-electron chi connectivity index (χ3n) is 0.702. The summed E-state index contributed by atoms with van der Waals surface area (Å²) in [4.78, 5) is 11.0. The summed E-state index contributed by atoms with van der Waals surface area (Å²) < 4.78 is 0. The van der Waals surface area contributed by atoms with Crippen LogP contribution in [-0.2, 0) is 0 Å². The van der Waals surface area contributed by atoms with E-state index in [0.717, 1.165) is 11.8 Å². The Hall–Kier alpha value is -0.960. The summed E-state index contributed by atoms with van der Waals surface area (Å²) >= 11 is 0.935. The highest BCUT2D eigenvalue weighted by Gasteiger charge is 1.95. The topological polar surface area (TPSA) is 43.1 Å². The summed E-state index contributed by atoms with van der Waals surface area (Å²) in [5.74, 6) is 0. The van der Waals surface area contributed by atoms with Gasteiger partial charge in [-0.2, -0.15) is 0 Å². The van der Waals surface area contributed by atoms with Crippen LogP contribution in [-0.4, -0.2) is 5.24 Å². The second kappa shape index (κ2) is 4.88.